The van der Waals surface area contributed by atoms with Crippen molar-refractivity contribution in [2.75, 3.05) is 7.11 Å². The molecule has 0 aromatic carbocycles. The first-order valence-electron chi connectivity index (χ1n) is 5.07. The summed E-state index contributed by atoms with van der Waals surface area (Å²) in [6, 6.07) is 0. The predicted octanol–water partition coefficient (Wildman–Crippen LogP) is 1.61. The largest absolute Gasteiger partial charge is 0.481 e. The fourth-order valence-corrected chi connectivity index (χ4v) is 1.95. The summed E-state index contributed by atoms with van der Waals surface area (Å²) in [5, 5.41) is 8.73. The Morgan fingerprint density at radius 1 is 1.27 bits per heavy atom. The predicted molar refractivity (Wildman–Crippen MR) is 54.2 cm³/mol. The van der Waals surface area contributed by atoms with Gasteiger partial charge in [0.25, 0.3) is 0 Å². The molecule has 0 radical (unpaired) electrons. The molecule has 4 nitrogen and oxygen atoms in total. The van der Waals surface area contributed by atoms with Crippen molar-refractivity contribution >= 4 is 11.9 Å². The zero-order valence-corrected chi connectivity index (χ0v) is 8.81. The van der Waals surface area contributed by atoms with Crippen molar-refractivity contribution < 1.29 is 19.4 Å². The number of rotatable bonds is 4. The van der Waals surface area contributed by atoms with E-state index < -0.39 is 5.97 Å². The summed E-state index contributed by atoms with van der Waals surface area (Å²) >= 11 is 0. The molecule has 1 rings (SSSR count). The number of allylic oxidation sites excluding steroid dienone is 2. The van der Waals surface area contributed by atoms with Crippen LogP contribution < -0.4 is 0 Å². The van der Waals surface area contributed by atoms with Crippen molar-refractivity contribution in [1.29, 1.82) is 0 Å². The third kappa shape index (κ3) is 3.73. The highest BCUT2D eigenvalue weighted by Gasteiger charge is 2.26. The topological polar surface area (TPSA) is 63.6 Å². The van der Waals surface area contributed by atoms with Gasteiger partial charge in [0.05, 0.1) is 7.11 Å². The van der Waals surface area contributed by atoms with E-state index in [1.807, 2.05) is 12.2 Å². The summed E-state index contributed by atoms with van der Waals surface area (Å²) in [6.07, 6.45) is 5.96. The first-order chi connectivity index (χ1) is 7.13. The molecule has 0 aromatic rings. The summed E-state index contributed by atoms with van der Waals surface area (Å²) < 4.78 is 4.60. The highest BCUT2D eigenvalue weighted by atomic mass is 16.5. The van der Waals surface area contributed by atoms with Crippen molar-refractivity contribution in [3.8, 4) is 0 Å². The lowest BCUT2D eigenvalue weighted by Gasteiger charge is -2.26. The van der Waals surface area contributed by atoms with Gasteiger partial charge in [0.1, 0.15) is 0 Å². The number of hydrogen-bond acceptors (Lipinski definition) is 3. The van der Waals surface area contributed by atoms with Gasteiger partial charge in [-0.15, -0.1) is 0 Å². The molecule has 2 atom stereocenters. The van der Waals surface area contributed by atoms with Gasteiger partial charge >= 0.3 is 11.9 Å². The maximum atomic E-state index is 11.1. The highest BCUT2D eigenvalue weighted by Crippen LogP contribution is 2.31. The average molecular weight is 212 g/mol. The molecule has 0 spiro atoms. The number of ether oxygens (including phenoxy) is 1. The van der Waals surface area contributed by atoms with E-state index in [1.165, 1.54) is 7.11 Å². The van der Waals surface area contributed by atoms with Crippen LogP contribution in [0.5, 0.6) is 0 Å². The Hall–Kier alpha value is -1.32. The first-order valence-corrected chi connectivity index (χ1v) is 5.07. The van der Waals surface area contributed by atoms with Crippen LogP contribution in [0.15, 0.2) is 12.2 Å². The minimum Gasteiger partial charge on any atom is -0.481 e. The molecule has 1 aliphatic carbocycles. The lowest BCUT2D eigenvalue weighted by molar-refractivity contribution is -0.144. The van der Waals surface area contributed by atoms with Gasteiger partial charge in [-0.25, -0.2) is 0 Å². The molecule has 84 valence electrons. The summed E-state index contributed by atoms with van der Waals surface area (Å²) in [7, 11) is 1.35. The number of carbonyl (C=O) groups excluding carboxylic acids is 1. The Balaban J connectivity index is 2.54. The maximum absolute atomic E-state index is 11.1. The molecule has 4 heteroatoms. The van der Waals surface area contributed by atoms with Crippen LogP contribution in [0, 0.1) is 11.8 Å². The van der Waals surface area contributed by atoms with Crippen LogP contribution in [0.3, 0.4) is 0 Å². The Morgan fingerprint density at radius 2 is 1.80 bits per heavy atom. The van der Waals surface area contributed by atoms with Crippen LogP contribution in [-0.4, -0.2) is 24.2 Å². The molecule has 2 unspecified atom stereocenters. The number of carboxylic acids is 1. The molecule has 1 N–H and O–H groups in total. The summed E-state index contributed by atoms with van der Waals surface area (Å²) in [5.41, 5.74) is 0. The number of carbonyl (C=O) groups is 2. The Morgan fingerprint density at radius 3 is 2.27 bits per heavy atom. The van der Waals surface area contributed by atoms with E-state index in [0.717, 1.165) is 12.8 Å². The zero-order chi connectivity index (χ0) is 11.3. The molecule has 0 saturated heterocycles. The molecular weight excluding hydrogens is 196 g/mol. The average Bonchev–Trinajstić information content (AvgIpc) is 2.20. The lowest BCUT2D eigenvalue weighted by Crippen LogP contribution is -2.23. The van der Waals surface area contributed by atoms with Crippen molar-refractivity contribution in [2.24, 2.45) is 11.8 Å². The van der Waals surface area contributed by atoms with Gasteiger partial charge in [0.15, 0.2) is 0 Å². The number of esters is 1. The second-order valence-electron chi connectivity index (χ2n) is 3.84. The maximum Gasteiger partial charge on any atom is 0.305 e. The summed E-state index contributed by atoms with van der Waals surface area (Å²) in [4.78, 5) is 21.7. The molecule has 0 heterocycles. The summed E-state index contributed by atoms with van der Waals surface area (Å²) in [6.45, 7) is 0. The van der Waals surface area contributed by atoms with Gasteiger partial charge < -0.3 is 9.84 Å². The number of methoxy groups -OCH3 is 1. The van der Waals surface area contributed by atoms with Crippen molar-refractivity contribution in [3.63, 3.8) is 0 Å². The van der Waals surface area contributed by atoms with Crippen LogP contribution in [-0.2, 0) is 14.3 Å². The van der Waals surface area contributed by atoms with Gasteiger partial charge in [0.2, 0.25) is 0 Å². The third-order valence-electron chi connectivity index (χ3n) is 2.80. The third-order valence-corrected chi connectivity index (χ3v) is 2.80. The van der Waals surface area contributed by atoms with E-state index in [-0.39, 0.29) is 24.2 Å². The second-order valence-corrected chi connectivity index (χ2v) is 3.84. The van der Waals surface area contributed by atoms with Gasteiger partial charge in [-0.2, -0.15) is 0 Å². The van der Waals surface area contributed by atoms with Crippen LogP contribution in [0.4, 0.5) is 0 Å². The minimum absolute atomic E-state index is 0.0617. The lowest BCUT2D eigenvalue weighted by atomic mass is 9.79. The fourth-order valence-electron chi connectivity index (χ4n) is 1.95. The van der Waals surface area contributed by atoms with E-state index in [2.05, 4.69) is 4.74 Å². The Labute approximate surface area is 88.9 Å². The van der Waals surface area contributed by atoms with Gasteiger partial charge in [-0.1, -0.05) is 12.2 Å². The molecule has 15 heavy (non-hydrogen) atoms. The zero-order valence-electron chi connectivity index (χ0n) is 8.81. The van der Waals surface area contributed by atoms with Crippen LogP contribution >= 0.6 is 0 Å². The molecule has 0 aromatic heterocycles. The first kappa shape index (κ1) is 11.8. The van der Waals surface area contributed by atoms with Crippen molar-refractivity contribution in [3.05, 3.63) is 12.2 Å². The van der Waals surface area contributed by atoms with E-state index >= 15 is 0 Å². The van der Waals surface area contributed by atoms with Crippen LogP contribution in [0.25, 0.3) is 0 Å². The summed E-state index contributed by atoms with van der Waals surface area (Å²) in [5.74, 6) is -0.888. The quantitative estimate of drug-likeness (QED) is 0.568. The Bertz CT molecular complexity index is 270. The van der Waals surface area contributed by atoms with E-state index in [4.69, 9.17) is 5.11 Å². The standard InChI is InChI=1S/C11H16O4/c1-15-11(14)7-9-5-3-2-4-8(9)6-10(12)13/h2-3,8-9H,4-7H2,1H3,(H,12,13). The van der Waals surface area contributed by atoms with Gasteiger partial charge in [-0.05, 0) is 24.7 Å². The molecule has 0 saturated carbocycles. The van der Waals surface area contributed by atoms with Crippen molar-refractivity contribution in [2.45, 2.75) is 25.7 Å². The normalized spacial score (nSPS) is 24.9. The van der Waals surface area contributed by atoms with Gasteiger partial charge in [0, 0.05) is 12.8 Å². The number of aliphatic carboxylic acids is 1. The molecule has 0 bridgehead atoms. The van der Waals surface area contributed by atoms with E-state index in [1.54, 1.807) is 0 Å². The number of hydrogen-bond donors (Lipinski definition) is 1. The minimum atomic E-state index is -0.801. The molecule has 0 fully saturated rings. The van der Waals surface area contributed by atoms with Crippen LogP contribution in [0.2, 0.25) is 0 Å². The van der Waals surface area contributed by atoms with E-state index in [0.29, 0.717) is 6.42 Å². The molecule has 1 aliphatic rings. The Kier molecular flexibility index (Phi) is 4.34. The molecule has 0 aliphatic heterocycles. The molecule has 0 amide bonds. The monoisotopic (exact) mass is 212 g/mol. The number of carboxylic acid groups (broad SMARTS) is 1. The molecular formula is C11H16O4. The van der Waals surface area contributed by atoms with Gasteiger partial charge in [-0.3, -0.25) is 9.59 Å². The van der Waals surface area contributed by atoms with Crippen molar-refractivity contribution in [1.82, 2.24) is 0 Å². The van der Waals surface area contributed by atoms with Crippen LogP contribution in [0.1, 0.15) is 25.7 Å². The second kappa shape index (κ2) is 5.53. The fraction of sp³-hybridized carbons (Fsp3) is 0.636. The SMILES string of the molecule is COC(=O)CC1CC=CCC1CC(=O)O. The van der Waals surface area contributed by atoms with E-state index in [9.17, 15) is 9.59 Å². The smallest absolute Gasteiger partial charge is 0.305 e. The highest BCUT2D eigenvalue weighted by molar-refractivity contribution is 5.70.